The quantitative estimate of drug-likeness (QED) is 0.630. The molecule has 1 saturated heterocycles. The third-order valence-corrected chi connectivity index (χ3v) is 6.33. The predicted octanol–water partition coefficient (Wildman–Crippen LogP) is 4.64. The highest BCUT2D eigenvalue weighted by molar-refractivity contribution is 6.08. The summed E-state index contributed by atoms with van der Waals surface area (Å²) in [5, 5.41) is 0. The molecule has 0 aromatic heterocycles. The molecule has 2 aliphatic heterocycles. The maximum absolute atomic E-state index is 14.0. The highest BCUT2D eigenvalue weighted by atomic mass is 16.5. The van der Waals surface area contributed by atoms with Gasteiger partial charge in [-0.05, 0) is 71.5 Å². The van der Waals surface area contributed by atoms with Gasteiger partial charge in [0.25, 0.3) is 5.91 Å². The molecule has 2 aliphatic rings. The number of benzene rings is 2. The molecule has 1 fully saturated rings. The van der Waals surface area contributed by atoms with Gasteiger partial charge in [0.1, 0.15) is 0 Å². The van der Waals surface area contributed by atoms with Crippen LogP contribution in [0.4, 0.5) is 5.69 Å². The Bertz CT molecular complexity index is 963. The van der Waals surface area contributed by atoms with Crippen molar-refractivity contribution in [2.45, 2.75) is 46.1 Å². The number of aryl methyl sites for hydroxylation is 1. The van der Waals surface area contributed by atoms with Crippen molar-refractivity contribution in [1.29, 1.82) is 0 Å². The maximum atomic E-state index is 14.0. The van der Waals surface area contributed by atoms with Crippen LogP contribution < -0.4 is 19.1 Å². The van der Waals surface area contributed by atoms with Crippen LogP contribution in [-0.4, -0.2) is 56.8 Å². The molecule has 2 heterocycles. The van der Waals surface area contributed by atoms with Crippen molar-refractivity contribution >= 4 is 11.6 Å². The van der Waals surface area contributed by atoms with Crippen molar-refractivity contribution in [2.24, 2.45) is 0 Å². The van der Waals surface area contributed by atoms with Gasteiger partial charge in [0.2, 0.25) is 5.75 Å². The van der Waals surface area contributed by atoms with E-state index in [4.69, 9.17) is 14.2 Å². The molecule has 2 aromatic rings. The first-order valence-electron chi connectivity index (χ1n) is 11.7. The molecular weight excluding hydrogens is 404 g/mol. The fourth-order valence-electron chi connectivity index (χ4n) is 5.00. The van der Waals surface area contributed by atoms with Crippen molar-refractivity contribution in [2.75, 3.05) is 44.9 Å². The van der Waals surface area contributed by atoms with E-state index in [1.807, 2.05) is 25.7 Å². The lowest BCUT2D eigenvalue weighted by atomic mass is 9.88. The average Bonchev–Trinajstić information content (AvgIpc) is 3.08. The van der Waals surface area contributed by atoms with Crippen LogP contribution in [0.3, 0.4) is 0 Å². The number of hydrogen-bond donors (Lipinski definition) is 0. The highest BCUT2D eigenvalue weighted by Gasteiger charge is 2.44. The molecule has 1 amide bonds. The Balaban J connectivity index is 1.78. The lowest BCUT2D eigenvalue weighted by molar-refractivity contribution is 0.0963. The van der Waals surface area contributed by atoms with Gasteiger partial charge in [0.05, 0.1) is 19.8 Å². The van der Waals surface area contributed by atoms with Crippen molar-refractivity contribution in [3.8, 4) is 17.2 Å². The topological polar surface area (TPSA) is 51.2 Å². The third kappa shape index (κ3) is 4.04. The van der Waals surface area contributed by atoms with Crippen LogP contribution in [0.5, 0.6) is 17.2 Å². The molecule has 0 aliphatic carbocycles. The van der Waals surface area contributed by atoms with E-state index in [1.165, 1.54) is 11.1 Å². The van der Waals surface area contributed by atoms with Crippen LogP contribution in [0.2, 0.25) is 0 Å². The molecule has 0 saturated carbocycles. The molecule has 2 atom stereocenters. The fraction of sp³-hybridized carbons (Fsp3) is 0.500. The minimum atomic E-state index is -0.0166. The summed E-state index contributed by atoms with van der Waals surface area (Å²) >= 11 is 0. The second kappa shape index (κ2) is 9.41. The van der Waals surface area contributed by atoms with Crippen LogP contribution in [0.25, 0.3) is 0 Å². The number of hydrogen-bond acceptors (Lipinski definition) is 5. The van der Waals surface area contributed by atoms with Gasteiger partial charge < -0.3 is 24.0 Å². The number of likely N-dealkylation sites (N-methyl/N-ethyl adjacent to an activating group) is 1. The number of fused-ring (bicyclic) bond motifs is 3. The number of carbonyl (C=O) groups is 1. The number of amides is 1. The Labute approximate surface area is 191 Å². The Morgan fingerprint density at radius 3 is 2.28 bits per heavy atom. The summed E-state index contributed by atoms with van der Waals surface area (Å²) in [6.07, 6.45) is 0.953. The normalized spacial score (nSPS) is 20.0. The van der Waals surface area contributed by atoms with Crippen LogP contribution in [-0.2, 0) is 0 Å². The average molecular weight is 439 g/mol. The van der Waals surface area contributed by atoms with Crippen molar-refractivity contribution in [3.05, 3.63) is 47.0 Å². The van der Waals surface area contributed by atoms with Gasteiger partial charge in [-0.1, -0.05) is 17.7 Å². The van der Waals surface area contributed by atoms with E-state index in [0.717, 1.165) is 25.2 Å². The van der Waals surface area contributed by atoms with Gasteiger partial charge in [0.15, 0.2) is 11.5 Å². The number of rotatable bonds is 7. The van der Waals surface area contributed by atoms with Gasteiger partial charge in [-0.15, -0.1) is 0 Å². The number of anilines is 1. The van der Waals surface area contributed by atoms with Crippen molar-refractivity contribution in [1.82, 2.24) is 4.90 Å². The summed E-state index contributed by atoms with van der Waals surface area (Å²) in [6, 6.07) is 10.2. The Morgan fingerprint density at radius 2 is 1.66 bits per heavy atom. The van der Waals surface area contributed by atoms with Gasteiger partial charge in [-0.2, -0.15) is 0 Å². The Hall–Kier alpha value is -2.73. The molecule has 0 bridgehead atoms. The Kier molecular flexibility index (Phi) is 6.60. The SMILES string of the molecule is CCOc1cc(C(=O)N2c3ccc(C)cc3[C@@H]3CN(C)CC[C@@H]32)cc(OCC)c1OCC. The molecule has 0 radical (unpaired) electrons. The van der Waals surface area contributed by atoms with Crippen LogP contribution in [0.1, 0.15) is 54.6 Å². The molecule has 32 heavy (non-hydrogen) atoms. The summed E-state index contributed by atoms with van der Waals surface area (Å²) < 4.78 is 17.5. The number of likely N-dealkylation sites (tertiary alicyclic amines) is 1. The summed E-state index contributed by atoms with van der Waals surface area (Å²) in [7, 11) is 2.16. The number of ether oxygens (including phenoxy) is 3. The Morgan fingerprint density at radius 1 is 1.00 bits per heavy atom. The van der Waals surface area contributed by atoms with Gasteiger partial charge >= 0.3 is 0 Å². The minimum absolute atomic E-state index is 0.0166. The summed E-state index contributed by atoms with van der Waals surface area (Å²) in [5.74, 6) is 1.96. The predicted molar refractivity (Wildman–Crippen MR) is 127 cm³/mol. The van der Waals surface area contributed by atoms with Gasteiger partial charge in [0, 0.05) is 29.8 Å². The fourth-order valence-corrected chi connectivity index (χ4v) is 5.00. The van der Waals surface area contributed by atoms with Crippen molar-refractivity contribution in [3.63, 3.8) is 0 Å². The smallest absolute Gasteiger partial charge is 0.258 e. The van der Waals surface area contributed by atoms with Crippen LogP contribution in [0.15, 0.2) is 30.3 Å². The molecule has 6 heteroatoms. The van der Waals surface area contributed by atoms with Crippen molar-refractivity contribution < 1.29 is 19.0 Å². The first-order chi connectivity index (χ1) is 15.5. The molecular formula is C26H34N2O4. The summed E-state index contributed by atoms with van der Waals surface area (Å²) in [5.41, 5.74) is 4.08. The summed E-state index contributed by atoms with van der Waals surface area (Å²) in [4.78, 5) is 18.3. The minimum Gasteiger partial charge on any atom is -0.490 e. The first kappa shape index (κ1) is 22.5. The zero-order valence-electron chi connectivity index (χ0n) is 19.8. The highest BCUT2D eigenvalue weighted by Crippen LogP contribution is 2.46. The van der Waals surface area contributed by atoms with E-state index < -0.39 is 0 Å². The van der Waals surface area contributed by atoms with Crippen LogP contribution >= 0.6 is 0 Å². The molecule has 0 N–H and O–H groups in total. The molecule has 172 valence electrons. The number of piperidine rings is 1. The largest absolute Gasteiger partial charge is 0.490 e. The zero-order chi connectivity index (χ0) is 22.8. The zero-order valence-corrected chi connectivity index (χ0v) is 19.8. The molecule has 6 nitrogen and oxygen atoms in total. The first-order valence-corrected chi connectivity index (χ1v) is 11.7. The third-order valence-electron chi connectivity index (χ3n) is 6.33. The number of nitrogens with zero attached hydrogens (tertiary/aromatic N) is 2. The van der Waals surface area contributed by atoms with E-state index in [0.29, 0.717) is 48.6 Å². The van der Waals surface area contributed by atoms with Crippen LogP contribution in [0, 0.1) is 6.92 Å². The molecule has 2 aromatic carbocycles. The monoisotopic (exact) mass is 438 g/mol. The van der Waals surface area contributed by atoms with Gasteiger partial charge in [-0.25, -0.2) is 0 Å². The lowest BCUT2D eigenvalue weighted by Gasteiger charge is -2.36. The van der Waals surface area contributed by atoms with Gasteiger partial charge in [-0.3, -0.25) is 4.79 Å². The van der Waals surface area contributed by atoms with E-state index >= 15 is 0 Å². The molecule has 4 rings (SSSR count). The molecule has 0 unspecified atom stereocenters. The standard InChI is InChI=1S/C26H34N2O4/c1-6-30-23-14-18(15-24(31-7-2)25(23)32-8-3)26(29)28-21-10-9-17(4)13-19(21)20-16-27(5)12-11-22(20)28/h9-10,13-15,20,22H,6-8,11-12,16H2,1-5H3/t20-,22-/m0/s1. The number of carbonyl (C=O) groups excluding carboxylic acids is 1. The summed E-state index contributed by atoms with van der Waals surface area (Å²) in [6.45, 7) is 11.3. The van der Waals surface area contributed by atoms with E-state index in [9.17, 15) is 4.79 Å². The second-order valence-corrected chi connectivity index (χ2v) is 8.56. The van der Waals surface area contributed by atoms with E-state index in [2.05, 4.69) is 37.1 Å². The maximum Gasteiger partial charge on any atom is 0.258 e. The second-order valence-electron chi connectivity index (χ2n) is 8.56. The molecule has 0 spiro atoms. The van der Waals surface area contributed by atoms with E-state index in [-0.39, 0.29) is 11.9 Å². The lowest BCUT2D eigenvalue weighted by Crippen LogP contribution is -2.47. The van der Waals surface area contributed by atoms with E-state index in [1.54, 1.807) is 12.1 Å².